The van der Waals surface area contributed by atoms with Gasteiger partial charge in [0, 0.05) is 12.0 Å². The first kappa shape index (κ1) is 17.9. The van der Waals surface area contributed by atoms with Crippen molar-refractivity contribution in [1.29, 1.82) is 0 Å². The summed E-state index contributed by atoms with van der Waals surface area (Å²) < 4.78 is 0. The van der Waals surface area contributed by atoms with Gasteiger partial charge in [-0.1, -0.05) is 13.3 Å². The molecule has 0 heterocycles. The van der Waals surface area contributed by atoms with E-state index >= 15 is 0 Å². The lowest BCUT2D eigenvalue weighted by Crippen LogP contribution is -2.46. The molecule has 112 valence electrons. The Balaban J connectivity index is 4.31. The monoisotopic (exact) mass is 274 g/mol. The highest BCUT2D eigenvalue weighted by Gasteiger charge is 2.28. The fraction of sp³-hybridized carbons (Fsp3) is 0.846. The number of carbonyl (C=O) groups excluding carboxylic acids is 1. The summed E-state index contributed by atoms with van der Waals surface area (Å²) in [4.78, 5) is 24.3. The normalized spacial score (nSPS) is 11.7. The quantitative estimate of drug-likeness (QED) is 0.493. The zero-order valence-electron chi connectivity index (χ0n) is 12.3. The Morgan fingerprint density at radius 1 is 1.21 bits per heavy atom. The van der Waals surface area contributed by atoms with Crippen LogP contribution in [0.5, 0.6) is 0 Å². The molecule has 2 N–H and O–H groups in total. The molecule has 0 atom stereocenters. The maximum Gasteiger partial charge on any atom is 0.305 e. The first-order chi connectivity index (χ1) is 8.70. The minimum Gasteiger partial charge on any atom is -0.481 e. The number of rotatable bonds is 9. The summed E-state index contributed by atoms with van der Waals surface area (Å²) in [7, 11) is 1.95. The van der Waals surface area contributed by atoms with Crippen LogP contribution in [-0.2, 0) is 9.59 Å². The Hall–Kier alpha value is -1.14. The number of hydrogen-bond acceptors (Lipinski definition) is 4. The molecule has 0 spiro atoms. The van der Waals surface area contributed by atoms with Gasteiger partial charge in [-0.3, -0.25) is 14.8 Å². The van der Waals surface area contributed by atoms with Crippen molar-refractivity contribution in [2.75, 3.05) is 20.1 Å². The van der Waals surface area contributed by atoms with E-state index in [1.54, 1.807) is 0 Å². The predicted molar refractivity (Wildman–Crippen MR) is 72.0 cm³/mol. The predicted octanol–water partition coefficient (Wildman–Crippen LogP) is 1.58. The van der Waals surface area contributed by atoms with Gasteiger partial charge in [0.05, 0.1) is 13.0 Å². The van der Waals surface area contributed by atoms with Gasteiger partial charge in [-0.05, 0) is 33.9 Å². The number of carboxylic acids is 1. The number of amides is 1. The molecular formula is C13H26N2O4. The van der Waals surface area contributed by atoms with Crippen LogP contribution in [0.15, 0.2) is 0 Å². The van der Waals surface area contributed by atoms with Gasteiger partial charge in [0.1, 0.15) is 0 Å². The highest BCUT2D eigenvalue weighted by atomic mass is 16.5. The number of carbonyl (C=O) groups is 2. The minimum absolute atomic E-state index is 0.156. The number of nitrogens with zero attached hydrogens (tertiary/aromatic N) is 2. The van der Waals surface area contributed by atoms with Gasteiger partial charge >= 0.3 is 5.97 Å². The van der Waals surface area contributed by atoms with Crippen LogP contribution < -0.4 is 0 Å². The van der Waals surface area contributed by atoms with E-state index in [-0.39, 0.29) is 24.9 Å². The molecule has 0 aliphatic rings. The number of aliphatic carboxylic acids is 1. The summed E-state index contributed by atoms with van der Waals surface area (Å²) in [6, 6.07) is 0. The van der Waals surface area contributed by atoms with Gasteiger partial charge in [0.2, 0.25) is 5.91 Å². The van der Waals surface area contributed by atoms with E-state index in [0.29, 0.717) is 5.06 Å². The van der Waals surface area contributed by atoms with Gasteiger partial charge in [-0.25, -0.2) is 5.06 Å². The second-order valence-electron chi connectivity index (χ2n) is 5.42. The zero-order valence-corrected chi connectivity index (χ0v) is 12.3. The van der Waals surface area contributed by atoms with Crippen molar-refractivity contribution in [3.05, 3.63) is 0 Å². The van der Waals surface area contributed by atoms with E-state index in [0.717, 1.165) is 19.4 Å². The molecule has 0 aromatic rings. The van der Waals surface area contributed by atoms with Gasteiger partial charge in [-0.2, -0.15) is 0 Å². The van der Waals surface area contributed by atoms with Crippen LogP contribution in [0, 0.1) is 0 Å². The molecule has 0 saturated heterocycles. The molecule has 0 unspecified atom stereocenters. The second-order valence-corrected chi connectivity index (χ2v) is 5.42. The molecule has 0 radical (unpaired) electrons. The molecule has 0 aromatic carbocycles. The standard InChI is InChI=1S/C13H26N2O4/c1-5-6-8-14(4)13(2,3)10-11(16)15(19)9-7-12(17)18/h19H,5-10H2,1-4H3,(H,17,18). The molecule has 19 heavy (non-hydrogen) atoms. The molecule has 0 fully saturated rings. The van der Waals surface area contributed by atoms with Crippen molar-refractivity contribution < 1.29 is 19.9 Å². The maximum absolute atomic E-state index is 11.8. The van der Waals surface area contributed by atoms with Gasteiger partial charge in [0.15, 0.2) is 0 Å². The maximum atomic E-state index is 11.8. The molecule has 0 aliphatic heterocycles. The topological polar surface area (TPSA) is 81.1 Å². The van der Waals surface area contributed by atoms with E-state index in [2.05, 4.69) is 11.8 Å². The summed E-state index contributed by atoms with van der Waals surface area (Å²) >= 11 is 0. The Bertz CT molecular complexity index is 305. The first-order valence-corrected chi connectivity index (χ1v) is 6.63. The van der Waals surface area contributed by atoms with Crippen molar-refractivity contribution in [1.82, 2.24) is 9.96 Å². The van der Waals surface area contributed by atoms with Crippen LogP contribution in [0.2, 0.25) is 0 Å². The first-order valence-electron chi connectivity index (χ1n) is 6.63. The Morgan fingerprint density at radius 3 is 2.26 bits per heavy atom. The number of carboxylic acid groups (broad SMARTS) is 1. The number of hydroxylamine groups is 2. The summed E-state index contributed by atoms with van der Waals surface area (Å²) in [5.41, 5.74) is -0.365. The van der Waals surface area contributed by atoms with E-state index in [4.69, 9.17) is 5.11 Å². The molecule has 0 aromatic heterocycles. The average molecular weight is 274 g/mol. The summed E-state index contributed by atoms with van der Waals surface area (Å²) in [6.45, 7) is 6.69. The highest BCUT2D eigenvalue weighted by molar-refractivity contribution is 5.76. The van der Waals surface area contributed by atoms with Crippen molar-refractivity contribution in [2.45, 2.75) is 52.0 Å². The van der Waals surface area contributed by atoms with Crippen LogP contribution >= 0.6 is 0 Å². The van der Waals surface area contributed by atoms with Gasteiger partial charge < -0.3 is 10.0 Å². The molecular weight excluding hydrogens is 248 g/mol. The zero-order chi connectivity index (χ0) is 15.1. The van der Waals surface area contributed by atoms with Crippen LogP contribution in [0.25, 0.3) is 0 Å². The molecule has 1 amide bonds. The molecule has 0 bridgehead atoms. The van der Waals surface area contributed by atoms with Crippen molar-refractivity contribution in [3.63, 3.8) is 0 Å². The lowest BCUT2D eigenvalue weighted by atomic mass is 9.97. The third-order valence-corrected chi connectivity index (χ3v) is 3.29. The highest BCUT2D eigenvalue weighted by Crippen LogP contribution is 2.18. The number of hydrogen-bond donors (Lipinski definition) is 2. The molecule has 0 rings (SSSR count). The molecule has 6 nitrogen and oxygen atoms in total. The van der Waals surface area contributed by atoms with E-state index < -0.39 is 11.9 Å². The molecule has 6 heteroatoms. The third kappa shape index (κ3) is 7.12. The number of unbranched alkanes of at least 4 members (excludes halogenated alkanes) is 1. The van der Waals surface area contributed by atoms with Crippen LogP contribution in [0.1, 0.15) is 46.5 Å². The Morgan fingerprint density at radius 2 is 1.79 bits per heavy atom. The fourth-order valence-electron chi connectivity index (χ4n) is 1.62. The third-order valence-electron chi connectivity index (χ3n) is 3.29. The fourth-order valence-corrected chi connectivity index (χ4v) is 1.62. The lowest BCUT2D eigenvalue weighted by molar-refractivity contribution is -0.169. The largest absolute Gasteiger partial charge is 0.481 e. The van der Waals surface area contributed by atoms with E-state index in [9.17, 15) is 14.8 Å². The minimum atomic E-state index is -1.04. The summed E-state index contributed by atoms with van der Waals surface area (Å²) in [5, 5.41) is 18.5. The van der Waals surface area contributed by atoms with E-state index in [1.807, 2.05) is 20.9 Å². The van der Waals surface area contributed by atoms with Crippen molar-refractivity contribution >= 4 is 11.9 Å². The molecule has 0 aliphatic carbocycles. The average Bonchev–Trinajstić information content (AvgIpc) is 2.31. The van der Waals surface area contributed by atoms with Crippen LogP contribution in [0.3, 0.4) is 0 Å². The SMILES string of the molecule is CCCCN(C)C(C)(C)CC(=O)N(O)CCC(=O)O. The Labute approximate surface area is 115 Å². The van der Waals surface area contributed by atoms with Gasteiger partial charge in [0.25, 0.3) is 0 Å². The van der Waals surface area contributed by atoms with Gasteiger partial charge in [-0.15, -0.1) is 0 Å². The smallest absolute Gasteiger partial charge is 0.305 e. The summed E-state index contributed by atoms with van der Waals surface area (Å²) in [5.74, 6) is -1.49. The lowest BCUT2D eigenvalue weighted by Gasteiger charge is -2.35. The second kappa shape index (κ2) is 8.12. The van der Waals surface area contributed by atoms with Crippen LogP contribution in [-0.4, -0.2) is 57.8 Å². The van der Waals surface area contributed by atoms with E-state index in [1.165, 1.54) is 0 Å². The Kier molecular flexibility index (Phi) is 7.63. The van der Waals surface area contributed by atoms with Crippen molar-refractivity contribution in [2.24, 2.45) is 0 Å². The van der Waals surface area contributed by atoms with Crippen LogP contribution in [0.4, 0.5) is 0 Å². The molecule has 0 saturated carbocycles. The summed E-state index contributed by atoms with van der Waals surface area (Å²) in [6.07, 6.45) is 2.03. The van der Waals surface area contributed by atoms with Crippen molar-refractivity contribution in [3.8, 4) is 0 Å².